The van der Waals surface area contributed by atoms with E-state index in [1.165, 1.54) is 0 Å². The fraction of sp³-hybridized carbons (Fsp3) is 0.500. The van der Waals surface area contributed by atoms with Crippen LogP contribution in [-0.4, -0.2) is 61.2 Å². The van der Waals surface area contributed by atoms with Crippen LogP contribution < -0.4 is 10.5 Å². The maximum atomic E-state index is 12.1. The summed E-state index contributed by atoms with van der Waals surface area (Å²) in [6.45, 7) is 4.45. The molecule has 0 saturated carbocycles. The maximum absolute atomic E-state index is 12.1. The van der Waals surface area contributed by atoms with Gasteiger partial charge in [0.05, 0.1) is 30.8 Å². The second-order valence-corrected chi connectivity index (χ2v) is 6.18. The molecule has 1 fully saturated rings. The lowest BCUT2D eigenvalue weighted by Crippen LogP contribution is -2.49. The largest absolute Gasteiger partial charge is 0.492 e. The van der Waals surface area contributed by atoms with Gasteiger partial charge in [0.15, 0.2) is 6.61 Å². The number of esters is 1. The van der Waals surface area contributed by atoms with Crippen molar-refractivity contribution in [3.8, 4) is 5.75 Å². The average molecular weight is 364 g/mol. The number of nitrogens with zero attached hydrogens (tertiary/aromatic N) is 1. The summed E-state index contributed by atoms with van der Waals surface area (Å²) in [5, 5.41) is 0. The number of benzene rings is 1. The van der Waals surface area contributed by atoms with E-state index in [-0.39, 0.29) is 43.3 Å². The van der Waals surface area contributed by atoms with Gasteiger partial charge in [0, 0.05) is 13.1 Å². The number of carbonyl (C=O) groups is 3. The van der Waals surface area contributed by atoms with E-state index in [0.29, 0.717) is 18.8 Å². The number of rotatable bonds is 7. The molecular formula is C18H24N2O6. The number of primary amides is 1. The quantitative estimate of drug-likeness (QED) is 0.715. The van der Waals surface area contributed by atoms with Gasteiger partial charge in [0.25, 0.3) is 11.8 Å². The molecule has 1 aliphatic rings. The lowest BCUT2D eigenvalue weighted by atomic mass is 10.2. The third-order valence-corrected chi connectivity index (χ3v) is 3.85. The zero-order valence-corrected chi connectivity index (χ0v) is 15.0. The van der Waals surface area contributed by atoms with E-state index < -0.39 is 11.9 Å². The second kappa shape index (κ2) is 9.19. The van der Waals surface area contributed by atoms with E-state index in [2.05, 4.69) is 0 Å². The molecule has 0 unspecified atom stereocenters. The van der Waals surface area contributed by atoms with Gasteiger partial charge >= 0.3 is 5.97 Å². The third kappa shape index (κ3) is 5.73. The Morgan fingerprint density at radius 3 is 2.50 bits per heavy atom. The van der Waals surface area contributed by atoms with E-state index in [1.807, 2.05) is 13.8 Å². The van der Waals surface area contributed by atoms with Crippen molar-refractivity contribution < 1.29 is 28.6 Å². The van der Waals surface area contributed by atoms with Crippen LogP contribution in [0.5, 0.6) is 5.75 Å². The number of morpholine rings is 1. The van der Waals surface area contributed by atoms with E-state index in [1.54, 1.807) is 29.2 Å². The molecule has 1 aromatic rings. The van der Waals surface area contributed by atoms with Crippen LogP contribution in [0.15, 0.2) is 24.3 Å². The molecule has 2 atom stereocenters. The van der Waals surface area contributed by atoms with E-state index in [0.717, 1.165) is 0 Å². The monoisotopic (exact) mass is 364 g/mol. The Morgan fingerprint density at radius 1 is 1.19 bits per heavy atom. The number of hydrogen-bond acceptors (Lipinski definition) is 6. The smallest absolute Gasteiger partial charge is 0.309 e. The molecule has 1 saturated heterocycles. The Bertz CT molecular complexity index is 653. The molecule has 1 aromatic carbocycles. The number of para-hydroxylation sites is 1. The first-order chi connectivity index (χ1) is 12.4. The van der Waals surface area contributed by atoms with Crippen LogP contribution in [0.4, 0.5) is 0 Å². The van der Waals surface area contributed by atoms with Crippen LogP contribution in [0.3, 0.4) is 0 Å². The van der Waals surface area contributed by atoms with Crippen LogP contribution in [0.2, 0.25) is 0 Å². The van der Waals surface area contributed by atoms with Crippen molar-refractivity contribution in [3.05, 3.63) is 29.8 Å². The van der Waals surface area contributed by atoms with Crippen molar-refractivity contribution in [2.75, 3.05) is 26.3 Å². The van der Waals surface area contributed by atoms with Crippen LogP contribution in [0.25, 0.3) is 0 Å². The average Bonchev–Trinajstić information content (AvgIpc) is 2.59. The van der Waals surface area contributed by atoms with Gasteiger partial charge in [-0.1, -0.05) is 12.1 Å². The Morgan fingerprint density at radius 2 is 1.85 bits per heavy atom. The molecule has 0 radical (unpaired) electrons. The molecular weight excluding hydrogens is 340 g/mol. The zero-order chi connectivity index (χ0) is 19.1. The summed E-state index contributed by atoms with van der Waals surface area (Å²) in [5.74, 6) is -1.10. The Hall–Kier alpha value is -2.61. The minimum Gasteiger partial charge on any atom is -0.492 e. The summed E-state index contributed by atoms with van der Waals surface area (Å²) < 4.78 is 16.0. The van der Waals surface area contributed by atoms with Crippen LogP contribution in [-0.2, 0) is 19.1 Å². The minimum absolute atomic E-state index is 0.0168. The molecule has 2 rings (SSSR count). The highest BCUT2D eigenvalue weighted by molar-refractivity contribution is 5.95. The first kappa shape index (κ1) is 19.7. The highest BCUT2D eigenvalue weighted by atomic mass is 16.5. The normalized spacial score (nSPS) is 19.7. The van der Waals surface area contributed by atoms with Crippen molar-refractivity contribution in [2.45, 2.75) is 32.5 Å². The van der Waals surface area contributed by atoms with Crippen molar-refractivity contribution >= 4 is 17.8 Å². The molecule has 0 bridgehead atoms. The lowest BCUT2D eigenvalue weighted by Gasteiger charge is -2.35. The summed E-state index contributed by atoms with van der Waals surface area (Å²) in [4.78, 5) is 36.8. The Labute approximate surface area is 152 Å². The van der Waals surface area contributed by atoms with Gasteiger partial charge in [0.2, 0.25) is 0 Å². The highest BCUT2D eigenvalue weighted by Crippen LogP contribution is 2.17. The summed E-state index contributed by atoms with van der Waals surface area (Å²) in [6.07, 6.45) is -0.134. The fourth-order valence-electron chi connectivity index (χ4n) is 2.73. The topological polar surface area (TPSA) is 108 Å². The van der Waals surface area contributed by atoms with E-state index in [4.69, 9.17) is 19.9 Å². The van der Waals surface area contributed by atoms with Gasteiger partial charge in [-0.2, -0.15) is 0 Å². The van der Waals surface area contributed by atoms with E-state index in [9.17, 15) is 14.4 Å². The molecule has 0 spiro atoms. The first-order valence-electron chi connectivity index (χ1n) is 8.47. The number of hydrogen-bond donors (Lipinski definition) is 1. The third-order valence-electron chi connectivity index (χ3n) is 3.85. The molecule has 2 amide bonds. The van der Waals surface area contributed by atoms with Gasteiger partial charge in [-0.3, -0.25) is 14.4 Å². The van der Waals surface area contributed by atoms with Crippen molar-refractivity contribution in [2.24, 2.45) is 5.73 Å². The highest BCUT2D eigenvalue weighted by Gasteiger charge is 2.26. The number of amides is 2. The molecule has 142 valence electrons. The standard InChI is InChI=1S/C18H24N2O6/c1-12-9-20(10-13(2)26-12)16(21)11-25-17(22)7-8-24-15-6-4-3-5-14(15)18(19)23/h3-6,12-13H,7-11H2,1-2H3,(H2,19,23)/t12-,13-/m0/s1. The number of nitrogens with two attached hydrogens (primary N) is 1. The Kier molecular flexibility index (Phi) is 6.97. The molecule has 0 aliphatic carbocycles. The summed E-state index contributed by atoms with van der Waals surface area (Å²) in [7, 11) is 0. The first-order valence-corrected chi connectivity index (χ1v) is 8.47. The van der Waals surface area contributed by atoms with Crippen molar-refractivity contribution in [3.63, 3.8) is 0 Å². The van der Waals surface area contributed by atoms with Crippen LogP contribution in [0, 0.1) is 0 Å². The molecule has 1 heterocycles. The van der Waals surface area contributed by atoms with Crippen LogP contribution >= 0.6 is 0 Å². The molecule has 0 aromatic heterocycles. The number of ether oxygens (including phenoxy) is 3. The van der Waals surface area contributed by atoms with Gasteiger partial charge in [-0.15, -0.1) is 0 Å². The summed E-state index contributed by atoms with van der Waals surface area (Å²) in [5.41, 5.74) is 5.50. The van der Waals surface area contributed by atoms with Crippen molar-refractivity contribution in [1.29, 1.82) is 0 Å². The molecule has 26 heavy (non-hydrogen) atoms. The predicted octanol–water partition coefficient (Wildman–Crippen LogP) is 0.733. The van der Waals surface area contributed by atoms with Crippen LogP contribution in [0.1, 0.15) is 30.6 Å². The maximum Gasteiger partial charge on any atom is 0.309 e. The zero-order valence-electron chi connectivity index (χ0n) is 15.0. The lowest BCUT2D eigenvalue weighted by molar-refractivity contribution is -0.157. The Balaban J connectivity index is 1.72. The van der Waals surface area contributed by atoms with Crippen molar-refractivity contribution in [1.82, 2.24) is 4.90 Å². The van der Waals surface area contributed by atoms with Gasteiger partial charge in [-0.25, -0.2) is 0 Å². The molecule has 1 aliphatic heterocycles. The van der Waals surface area contributed by atoms with Gasteiger partial charge in [0.1, 0.15) is 5.75 Å². The van der Waals surface area contributed by atoms with Gasteiger partial charge < -0.3 is 24.8 Å². The van der Waals surface area contributed by atoms with E-state index >= 15 is 0 Å². The SMILES string of the molecule is C[C@H]1CN(C(=O)COC(=O)CCOc2ccccc2C(N)=O)C[C@H](C)O1. The summed E-state index contributed by atoms with van der Waals surface area (Å²) in [6, 6.07) is 6.50. The summed E-state index contributed by atoms with van der Waals surface area (Å²) >= 11 is 0. The molecule has 8 nitrogen and oxygen atoms in total. The predicted molar refractivity (Wildman–Crippen MR) is 92.6 cm³/mol. The fourth-order valence-corrected chi connectivity index (χ4v) is 2.73. The molecule has 2 N–H and O–H groups in total. The number of carbonyl (C=O) groups excluding carboxylic acids is 3. The minimum atomic E-state index is -0.609. The second-order valence-electron chi connectivity index (χ2n) is 6.18. The molecule has 8 heteroatoms. The van der Waals surface area contributed by atoms with Gasteiger partial charge in [-0.05, 0) is 26.0 Å².